The minimum Gasteiger partial charge on any atom is -0.350 e. The highest BCUT2D eigenvalue weighted by Crippen LogP contribution is 2.09. The number of hydrogen-bond acceptors (Lipinski definition) is 2. The smallest absolute Gasteiger partial charge is 0.220 e. The van der Waals surface area contributed by atoms with Crippen LogP contribution < -0.4 is 5.32 Å². The van der Waals surface area contributed by atoms with E-state index in [1.807, 2.05) is 26.0 Å². The van der Waals surface area contributed by atoms with E-state index in [0.29, 0.717) is 6.42 Å². The Bertz CT molecular complexity index is 285. The third-order valence-electron chi connectivity index (χ3n) is 2.04. The molecule has 1 heterocycles. The standard InChI is InChI=1S/C11H16N2O/c1-3-5-11(14)13-9(2)10-6-4-7-12-8-10/h4,6-9H,3,5H2,1-2H3,(H,13,14). The SMILES string of the molecule is CCCC(=O)NC(C)c1cccnc1. The van der Waals surface area contributed by atoms with E-state index < -0.39 is 0 Å². The van der Waals surface area contributed by atoms with E-state index >= 15 is 0 Å². The first-order valence-electron chi connectivity index (χ1n) is 4.93. The summed E-state index contributed by atoms with van der Waals surface area (Å²) in [7, 11) is 0. The van der Waals surface area contributed by atoms with Crippen molar-refractivity contribution in [3.05, 3.63) is 30.1 Å². The molecule has 1 rings (SSSR count). The number of amides is 1. The van der Waals surface area contributed by atoms with E-state index in [2.05, 4.69) is 10.3 Å². The average molecular weight is 192 g/mol. The molecule has 0 saturated heterocycles. The lowest BCUT2D eigenvalue weighted by Gasteiger charge is -2.13. The van der Waals surface area contributed by atoms with Gasteiger partial charge in [-0.1, -0.05) is 13.0 Å². The molecule has 3 heteroatoms. The van der Waals surface area contributed by atoms with Gasteiger partial charge in [-0.2, -0.15) is 0 Å². The third-order valence-corrected chi connectivity index (χ3v) is 2.04. The molecule has 14 heavy (non-hydrogen) atoms. The summed E-state index contributed by atoms with van der Waals surface area (Å²) in [5.74, 6) is 0.101. The van der Waals surface area contributed by atoms with Crippen LogP contribution in [0, 0.1) is 0 Å². The average Bonchev–Trinajstić information content (AvgIpc) is 2.19. The molecule has 1 aromatic rings. The van der Waals surface area contributed by atoms with Crippen LogP contribution in [-0.2, 0) is 4.79 Å². The lowest BCUT2D eigenvalue weighted by Crippen LogP contribution is -2.26. The molecule has 1 atom stereocenters. The fourth-order valence-corrected chi connectivity index (χ4v) is 1.26. The maximum Gasteiger partial charge on any atom is 0.220 e. The van der Waals surface area contributed by atoms with Gasteiger partial charge in [-0.05, 0) is 25.0 Å². The lowest BCUT2D eigenvalue weighted by molar-refractivity contribution is -0.121. The zero-order valence-corrected chi connectivity index (χ0v) is 8.66. The minimum absolute atomic E-state index is 0.0442. The number of carbonyl (C=O) groups is 1. The summed E-state index contributed by atoms with van der Waals surface area (Å²) in [5, 5.41) is 2.92. The summed E-state index contributed by atoms with van der Waals surface area (Å²) in [5.41, 5.74) is 1.04. The molecule has 0 aliphatic heterocycles. The second-order valence-electron chi connectivity index (χ2n) is 3.33. The maximum atomic E-state index is 11.3. The Hall–Kier alpha value is -1.38. The van der Waals surface area contributed by atoms with Gasteiger partial charge >= 0.3 is 0 Å². The number of nitrogens with one attached hydrogen (secondary N) is 1. The van der Waals surface area contributed by atoms with Crippen molar-refractivity contribution in [3.8, 4) is 0 Å². The second kappa shape index (κ2) is 5.37. The van der Waals surface area contributed by atoms with Crippen LogP contribution >= 0.6 is 0 Å². The number of hydrogen-bond donors (Lipinski definition) is 1. The van der Waals surface area contributed by atoms with Crippen LogP contribution in [0.1, 0.15) is 38.3 Å². The molecule has 0 aliphatic rings. The van der Waals surface area contributed by atoms with Crippen LogP contribution in [0.2, 0.25) is 0 Å². The van der Waals surface area contributed by atoms with Crippen LogP contribution in [0.3, 0.4) is 0 Å². The van der Waals surface area contributed by atoms with Gasteiger partial charge in [0.1, 0.15) is 0 Å². The van der Waals surface area contributed by atoms with Gasteiger partial charge in [-0.3, -0.25) is 9.78 Å². The molecule has 1 amide bonds. The Morgan fingerprint density at radius 2 is 2.43 bits per heavy atom. The monoisotopic (exact) mass is 192 g/mol. The molecule has 0 bridgehead atoms. The summed E-state index contributed by atoms with van der Waals surface area (Å²) >= 11 is 0. The van der Waals surface area contributed by atoms with Gasteiger partial charge in [0.2, 0.25) is 5.91 Å². The van der Waals surface area contributed by atoms with Crippen molar-refractivity contribution in [2.75, 3.05) is 0 Å². The van der Waals surface area contributed by atoms with E-state index in [9.17, 15) is 4.79 Å². The van der Waals surface area contributed by atoms with Gasteiger partial charge in [0.25, 0.3) is 0 Å². The Morgan fingerprint density at radius 1 is 1.64 bits per heavy atom. The van der Waals surface area contributed by atoms with Crippen LogP contribution in [-0.4, -0.2) is 10.9 Å². The topological polar surface area (TPSA) is 42.0 Å². The molecular weight excluding hydrogens is 176 g/mol. The van der Waals surface area contributed by atoms with Gasteiger partial charge in [-0.15, -0.1) is 0 Å². The first-order valence-corrected chi connectivity index (χ1v) is 4.93. The molecule has 0 spiro atoms. The maximum absolute atomic E-state index is 11.3. The number of carbonyl (C=O) groups excluding carboxylic acids is 1. The fraction of sp³-hybridized carbons (Fsp3) is 0.455. The highest BCUT2D eigenvalue weighted by Gasteiger charge is 2.07. The number of pyridine rings is 1. The molecule has 1 N–H and O–H groups in total. The summed E-state index contributed by atoms with van der Waals surface area (Å²) in [6.07, 6.45) is 4.97. The Labute approximate surface area is 84.6 Å². The largest absolute Gasteiger partial charge is 0.350 e. The normalized spacial score (nSPS) is 12.1. The molecule has 3 nitrogen and oxygen atoms in total. The Morgan fingerprint density at radius 3 is 3.00 bits per heavy atom. The van der Waals surface area contributed by atoms with Crippen molar-refractivity contribution >= 4 is 5.91 Å². The fourth-order valence-electron chi connectivity index (χ4n) is 1.26. The summed E-state index contributed by atoms with van der Waals surface area (Å²) in [6, 6.07) is 3.88. The van der Waals surface area contributed by atoms with Gasteiger partial charge in [-0.25, -0.2) is 0 Å². The lowest BCUT2D eigenvalue weighted by atomic mass is 10.1. The van der Waals surface area contributed by atoms with Gasteiger partial charge in [0, 0.05) is 18.8 Å². The summed E-state index contributed by atoms with van der Waals surface area (Å²) in [4.78, 5) is 15.3. The van der Waals surface area contributed by atoms with Gasteiger partial charge in [0.15, 0.2) is 0 Å². The minimum atomic E-state index is 0.0442. The highest BCUT2D eigenvalue weighted by atomic mass is 16.1. The molecule has 0 saturated carbocycles. The number of nitrogens with zero attached hydrogens (tertiary/aromatic N) is 1. The Kier molecular flexibility index (Phi) is 4.11. The molecular formula is C11H16N2O. The van der Waals surface area contributed by atoms with Gasteiger partial charge < -0.3 is 5.32 Å². The highest BCUT2D eigenvalue weighted by molar-refractivity contribution is 5.76. The van der Waals surface area contributed by atoms with Crippen LogP contribution in [0.4, 0.5) is 0 Å². The second-order valence-corrected chi connectivity index (χ2v) is 3.33. The van der Waals surface area contributed by atoms with Crippen LogP contribution in [0.5, 0.6) is 0 Å². The molecule has 1 unspecified atom stereocenters. The zero-order chi connectivity index (χ0) is 10.4. The van der Waals surface area contributed by atoms with Crippen molar-refractivity contribution in [1.29, 1.82) is 0 Å². The molecule has 1 aromatic heterocycles. The summed E-state index contributed by atoms with van der Waals surface area (Å²) < 4.78 is 0. The predicted molar refractivity (Wildman–Crippen MR) is 55.7 cm³/mol. The molecule has 76 valence electrons. The van der Waals surface area contributed by atoms with Crippen molar-refractivity contribution in [3.63, 3.8) is 0 Å². The zero-order valence-electron chi connectivity index (χ0n) is 8.66. The Balaban J connectivity index is 2.50. The number of rotatable bonds is 4. The van der Waals surface area contributed by atoms with Crippen molar-refractivity contribution in [1.82, 2.24) is 10.3 Å². The predicted octanol–water partition coefficient (Wildman–Crippen LogP) is 2.06. The van der Waals surface area contributed by atoms with E-state index in [1.165, 1.54) is 0 Å². The molecule has 0 aromatic carbocycles. The quantitative estimate of drug-likeness (QED) is 0.793. The first-order chi connectivity index (χ1) is 6.74. The van der Waals surface area contributed by atoms with Crippen molar-refractivity contribution in [2.24, 2.45) is 0 Å². The van der Waals surface area contributed by atoms with Crippen molar-refractivity contribution in [2.45, 2.75) is 32.7 Å². The van der Waals surface area contributed by atoms with E-state index in [0.717, 1.165) is 12.0 Å². The van der Waals surface area contributed by atoms with E-state index in [1.54, 1.807) is 12.4 Å². The number of aromatic nitrogens is 1. The van der Waals surface area contributed by atoms with Gasteiger partial charge in [0.05, 0.1) is 6.04 Å². The van der Waals surface area contributed by atoms with E-state index in [-0.39, 0.29) is 11.9 Å². The summed E-state index contributed by atoms with van der Waals surface area (Å²) in [6.45, 7) is 3.96. The molecule has 0 radical (unpaired) electrons. The third kappa shape index (κ3) is 3.17. The first kappa shape index (κ1) is 10.7. The van der Waals surface area contributed by atoms with E-state index in [4.69, 9.17) is 0 Å². The van der Waals surface area contributed by atoms with Crippen LogP contribution in [0.25, 0.3) is 0 Å². The molecule has 0 aliphatic carbocycles. The van der Waals surface area contributed by atoms with Crippen molar-refractivity contribution < 1.29 is 4.79 Å². The van der Waals surface area contributed by atoms with Crippen LogP contribution in [0.15, 0.2) is 24.5 Å². The molecule has 0 fully saturated rings.